The molecule has 46 valence electrons. The van der Waals surface area contributed by atoms with Gasteiger partial charge in [-0.2, -0.15) is 0 Å². The number of hydrogen-bond donors (Lipinski definition) is 1. The fraction of sp³-hybridized carbons (Fsp3) is 1.00. The van der Waals surface area contributed by atoms with Crippen molar-refractivity contribution in [2.75, 3.05) is 0 Å². The lowest BCUT2D eigenvalue weighted by Crippen LogP contribution is -2.27. The Bertz CT molecular complexity index is 112. The maximum Gasteiger partial charge on any atom is 0.0650 e. The molecule has 3 aliphatic carbocycles. The SMILES string of the molecule is CC1(O)CC2CC1C2. The van der Waals surface area contributed by atoms with Gasteiger partial charge >= 0.3 is 0 Å². The summed E-state index contributed by atoms with van der Waals surface area (Å²) in [7, 11) is 0. The zero-order valence-electron chi connectivity index (χ0n) is 5.22. The first-order chi connectivity index (χ1) is 3.68. The van der Waals surface area contributed by atoms with Crippen molar-refractivity contribution >= 4 is 0 Å². The molecule has 1 atom stereocenters. The van der Waals surface area contributed by atoms with Crippen molar-refractivity contribution in [3.63, 3.8) is 0 Å². The maximum absolute atomic E-state index is 9.50. The van der Waals surface area contributed by atoms with E-state index in [0.29, 0.717) is 5.92 Å². The van der Waals surface area contributed by atoms with E-state index in [1.54, 1.807) is 0 Å². The number of hydrogen-bond acceptors (Lipinski definition) is 1. The molecule has 0 amide bonds. The predicted octanol–water partition coefficient (Wildman–Crippen LogP) is 1.17. The molecule has 0 aromatic heterocycles. The lowest BCUT2D eigenvalue weighted by Gasteiger charge is -2.27. The quantitative estimate of drug-likeness (QED) is 0.498. The highest BCUT2D eigenvalue weighted by molar-refractivity contribution is 5.02. The molecule has 3 rings (SSSR count). The van der Waals surface area contributed by atoms with Gasteiger partial charge in [-0.05, 0) is 38.0 Å². The Labute approximate surface area is 49.7 Å². The molecule has 0 aliphatic heterocycles. The van der Waals surface area contributed by atoms with Crippen molar-refractivity contribution in [3.05, 3.63) is 0 Å². The van der Waals surface area contributed by atoms with E-state index in [-0.39, 0.29) is 5.60 Å². The molecule has 3 saturated carbocycles. The van der Waals surface area contributed by atoms with Gasteiger partial charge < -0.3 is 5.11 Å². The summed E-state index contributed by atoms with van der Waals surface area (Å²) in [6.07, 6.45) is 3.66. The van der Waals surface area contributed by atoms with Crippen molar-refractivity contribution in [3.8, 4) is 0 Å². The number of rotatable bonds is 0. The standard InChI is InChI=1S/C7H12O/c1-7(8)4-5-2-6(7)3-5/h5-6,8H,2-4H2,1H3. The van der Waals surface area contributed by atoms with Gasteiger partial charge in [0.15, 0.2) is 0 Å². The molecule has 0 spiro atoms. The van der Waals surface area contributed by atoms with E-state index in [0.717, 1.165) is 12.3 Å². The van der Waals surface area contributed by atoms with Crippen LogP contribution in [0.15, 0.2) is 0 Å². The summed E-state index contributed by atoms with van der Waals surface area (Å²) in [5.41, 5.74) is -0.273. The van der Waals surface area contributed by atoms with E-state index in [1.165, 1.54) is 12.8 Å². The van der Waals surface area contributed by atoms with Crippen LogP contribution in [0.3, 0.4) is 0 Å². The second-order valence-corrected chi connectivity index (χ2v) is 3.60. The van der Waals surface area contributed by atoms with Crippen molar-refractivity contribution < 1.29 is 5.11 Å². The van der Waals surface area contributed by atoms with Crippen LogP contribution in [0.4, 0.5) is 0 Å². The number of aliphatic hydroxyl groups is 1. The summed E-state index contributed by atoms with van der Waals surface area (Å²) in [6, 6.07) is 0. The zero-order chi connectivity index (χ0) is 5.78. The van der Waals surface area contributed by atoms with Crippen LogP contribution >= 0.6 is 0 Å². The van der Waals surface area contributed by atoms with Gasteiger partial charge in [-0.3, -0.25) is 0 Å². The van der Waals surface area contributed by atoms with Crippen molar-refractivity contribution in [2.24, 2.45) is 11.8 Å². The Morgan fingerprint density at radius 1 is 1.50 bits per heavy atom. The molecule has 0 aromatic rings. The van der Waals surface area contributed by atoms with Gasteiger partial charge in [0, 0.05) is 0 Å². The first-order valence-corrected chi connectivity index (χ1v) is 3.41. The average Bonchev–Trinajstić information content (AvgIpc) is 1.82. The van der Waals surface area contributed by atoms with Gasteiger partial charge in [0.25, 0.3) is 0 Å². The first kappa shape index (κ1) is 4.80. The van der Waals surface area contributed by atoms with Gasteiger partial charge in [0.2, 0.25) is 0 Å². The summed E-state index contributed by atoms with van der Waals surface area (Å²) < 4.78 is 0. The molecule has 2 bridgehead atoms. The van der Waals surface area contributed by atoms with E-state index >= 15 is 0 Å². The maximum atomic E-state index is 9.50. The van der Waals surface area contributed by atoms with E-state index in [2.05, 4.69) is 0 Å². The third-order valence-electron chi connectivity index (χ3n) is 2.82. The fourth-order valence-electron chi connectivity index (χ4n) is 2.16. The van der Waals surface area contributed by atoms with E-state index in [1.807, 2.05) is 6.92 Å². The summed E-state index contributed by atoms with van der Waals surface area (Å²) in [6.45, 7) is 1.98. The molecule has 1 heteroatoms. The lowest BCUT2D eigenvalue weighted by atomic mass is 9.82. The van der Waals surface area contributed by atoms with Crippen LogP contribution < -0.4 is 0 Å². The molecular formula is C7H12O. The highest BCUT2D eigenvalue weighted by Gasteiger charge is 2.51. The Morgan fingerprint density at radius 2 is 2.12 bits per heavy atom. The molecule has 8 heavy (non-hydrogen) atoms. The number of fused-ring (bicyclic) bond motifs is 1. The molecule has 3 aliphatic rings. The summed E-state index contributed by atoms with van der Waals surface area (Å²) in [5, 5.41) is 9.50. The molecule has 0 radical (unpaired) electrons. The third kappa shape index (κ3) is 0.408. The highest BCUT2D eigenvalue weighted by Crippen LogP contribution is 2.54. The van der Waals surface area contributed by atoms with Gasteiger partial charge in [-0.15, -0.1) is 0 Å². The molecule has 1 unspecified atom stereocenters. The van der Waals surface area contributed by atoms with E-state index in [4.69, 9.17) is 0 Å². The average molecular weight is 112 g/mol. The summed E-state index contributed by atoms with van der Waals surface area (Å²) in [5.74, 6) is 1.54. The van der Waals surface area contributed by atoms with Crippen LogP contribution in [0, 0.1) is 11.8 Å². The lowest BCUT2D eigenvalue weighted by molar-refractivity contribution is 0.0288. The largest absolute Gasteiger partial charge is 0.390 e. The van der Waals surface area contributed by atoms with Crippen molar-refractivity contribution in [2.45, 2.75) is 31.8 Å². The Kier molecular flexibility index (Phi) is 0.663. The van der Waals surface area contributed by atoms with Gasteiger partial charge in [0.05, 0.1) is 5.60 Å². The predicted molar refractivity (Wildman–Crippen MR) is 31.5 cm³/mol. The minimum Gasteiger partial charge on any atom is -0.390 e. The highest BCUT2D eigenvalue weighted by atomic mass is 16.3. The molecule has 0 saturated heterocycles. The molecule has 0 aromatic carbocycles. The topological polar surface area (TPSA) is 20.2 Å². The molecule has 3 fully saturated rings. The van der Waals surface area contributed by atoms with Gasteiger partial charge in [0.1, 0.15) is 0 Å². The van der Waals surface area contributed by atoms with Crippen LogP contribution in [0.25, 0.3) is 0 Å². The Morgan fingerprint density at radius 3 is 2.25 bits per heavy atom. The molecule has 0 heterocycles. The van der Waals surface area contributed by atoms with Crippen LogP contribution in [0.2, 0.25) is 0 Å². The normalized spacial score (nSPS) is 60.8. The first-order valence-electron chi connectivity index (χ1n) is 3.41. The molecule has 1 N–H and O–H groups in total. The van der Waals surface area contributed by atoms with Crippen molar-refractivity contribution in [1.82, 2.24) is 0 Å². The van der Waals surface area contributed by atoms with Crippen molar-refractivity contribution in [1.29, 1.82) is 0 Å². The van der Waals surface area contributed by atoms with Crippen LogP contribution in [-0.2, 0) is 0 Å². The monoisotopic (exact) mass is 112 g/mol. The molecule has 1 nitrogen and oxygen atoms in total. The van der Waals surface area contributed by atoms with E-state index < -0.39 is 0 Å². The van der Waals surface area contributed by atoms with Gasteiger partial charge in [-0.1, -0.05) is 0 Å². The minimum absolute atomic E-state index is 0.273. The zero-order valence-corrected chi connectivity index (χ0v) is 5.22. The summed E-state index contributed by atoms with van der Waals surface area (Å²) in [4.78, 5) is 0. The Balaban J connectivity index is 2.20. The van der Waals surface area contributed by atoms with Crippen LogP contribution in [-0.4, -0.2) is 10.7 Å². The second kappa shape index (κ2) is 1.10. The minimum atomic E-state index is -0.273. The van der Waals surface area contributed by atoms with Crippen LogP contribution in [0.5, 0.6) is 0 Å². The third-order valence-corrected chi connectivity index (χ3v) is 2.82. The molecular weight excluding hydrogens is 100 g/mol. The van der Waals surface area contributed by atoms with E-state index in [9.17, 15) is 5.11 Å². The van der Waals surface area contributed by atoms with Gasteiger partial charge in [-0.25, -0.2) is 0 Å². The summed E-state index contributed by atoms with van der Waals surface area (Å²) >= 11 is 0. The second-order valence-electron chi connectivity index (χ2n) is 3.60. The Hall–Kier alpha value is -0.0400. The fourth-order valence-corrected chi connectivity index (χ4v) is 2.16. The van der Waals surface area contributed by atoms with Crippen LogP contribution in [0.1, 0.15) is 26.2 Å². The smallest absolute Gasteiger partial charge is 0.0650 e.